The van der Waals surface area contributed by atoms with Crippen LogP contribution in [0.5, 0.6) is 0 Å². The molecule has 0 bridgehead atoms. The number of aryl methyl sites for hydroxylation is 1. The Morgan fingerprint density at radius 1 is 1.28 bits per heavy atom. The molecule has 0 N–H and O–H groups in total. The fraction of sp³-hybridized carbons (Fsp3) is 0.391. The zero-order valence-electron chi connectivity index (χ0n) is 17.9. The monoisotopic (exact) mass is 493 g/mol. The fourth-order valence-electron chi connectivity index (χ4n) is 3.62. The van der Waals surface area contributed by atoms with E-state index in [0.717, 1.165) is 59.9 Å². The average molecular weight is 494 g/mol. The molecule has 1 aliphatic heterocycles. The van der Waals surface area contributed by atoms with Crippen molar-refractivity contribution >= 4 is 56.0 Å². The van der Waals surface area contributed by atoms with Gasteiger partial charge in [0, 0.05) is 36.1 Å². The number of morpholine rings is 1. The number of rotatable bonds is 8. The number of halogens is 2. The number of nitrogens with zero attached hydrogens (tertiary/aromatic N) is 3. The zero-order chi connectivity index (χ0) is 22.5. The quantitative estimate of drug-likeness (QED) is 0.401. The predicted molar refractivity (Wildman–Crippen MR) is 131 cm³/mol. The molecule has 0 radical (unpaired) electrons. The number of thiazole rings is 1. The van der Waals surface area contributed by atoms with E-state index in [4.69, 9.17) is 21.3 Å². The Morgan fingerprint density at radius 2 is 2.03 bits per heavy atom. The summed E-state index contributed by atoms with van der Waals surface area (Å²) < 4.78 is 19.6. The molecule has 1 saturated heterocycles. The Morgan fingerprint density at radius 3 is 2.78 bits per heavy atom. The lowest BCUT2D eigenvalue weighted by molar-refractivity contribution is -0.116. The third-order valence-electron chi connectivity index (χ3n) is 5.31. The number of ether oxygens (including phenoxy) is 1. The number of thioether (sulfide) groups is 1. The van der Waals surface area contributed by atoms with Crippen LogP contribution in [0.2, 0.25) is 5.02 Å². The molecular weight excluding hydrogens is 469 g/mol. The summed E-state index contributed by atoms with van der Waals surface area (Å²) in [6.07, 6.45) is 0.850. The number of fused-ring (bicyclic) bond motifs is 1. The second-order valence-electron chi connectivity index (χ2n) is 7.66. The van der Waals surface area contributed by atoms with E-state index < -0.39 is 0 Å². The molecule has 1 aromatic heterocycles. The molecule has 4 rings (SSSR count). The minimum Gasteiger partial charge on any atom is -0.379 e. The number of amides is 1. The summed E-state index contributed by atoms with van der Waals surface area (Å²) in [6, 6.07) is 10.00. The summed E-state index contributed by atoms with van der Waals surface area (Å²) in [5, 5.41) is 1.36. The van der Waals surface area contributed by atoms with Gasteiger partial charge >= 0.3 is 0 Å². The molecule has 0 spiro atoms. The van der Waals surface area contributed by atoms with Gasteiger partial charge in [-0.1, -0.05) is 22.9 Å². The lowest BCUT2D eigenvalue weighted by atomic mass is 10.2. The number of aromatic nitrogens is 1. The lowest BCUT2D eigenvalue weighted by Crippen LogP contribution is -2.39. The van der Waals surface area contributed by atoms with Crippen LogP contribution in [0.1, 0.15) is 12.0 Å². The van der Waals surface area contributed by atoms with E-state index >= 15 is 0 Å². The summed E-state index contributed by atoms with van der Waals surface area (Å²) in [6.45, 7) is 6.84. The van der Waals surface area contributed by atoms with Crippen molar-refractivity contribution in [2.45, 2.75) is 18.2 Å². The number of hydrogen-bond acceptors (Lipinski definition) is 6. The molecule has 9 heteroatoms. The van der Waals surface area contributed by atoms with Gasteiger partial charge in [-0.15, -0.1) is 11.8 Å². The second-order valence-corrected chi connectivity index (χ2v) is 10.2. The minimum absolute atomic E-state index is 0.0101. The Bertz CT molecular complexity index is 1070. The highest BCUT2D eigenvalue weighted by molar-refractivity contribution is 8.00. The van der Waals surface area contributed by atoms with Crippen LogP contribution in [0.25, 0.3) is 10.2 Å². The SMILES string of the molecule is Cc1cc(Cl)cc2sc(N(CCCN3CCOCC3)C(=O)CSc3ccc(F)cc3)nc12. The van der Waals surface area contributed by atoms with E-state index in [1.54, 1.807) is 17.0 Å². The molecule has 0 aliphatic carbocycles. The smallest absolute Gasteiger partial charge is 0.239 e. The van der Waals surface area contributed by atoms with Crippen LogP contribution >= 0.6 is 34.7 Å². The molecule has 0 atom stereocenters. The van der Waals surface area contributed by atoms with Crippen LogP contribution in [0.15, 0.2) is 41.3 Å². The van der Waals surface area contributed by atoms with Crippen molar-refractivity contribution in [3.8, 4) is 0 Å². The predicted octanol–water partition coefficient (Wildman–Crippen LogP) is 5.24. The zero-order valence-corrected chi connectivity index (χ0v) is 20.2. The molecule has 1 fully saturated rings. The van der Waals surface area contributed by atoms with Crippen molar-refractivity contribution in [2.24, 2.45) is 0 Å². The lowest BCUT2D eigenvalue weighted by Gasteiger charge is -2.27. The highest BCUT2D eigenvalue weighted by atomic mass is 35.5. The first-order valence-electron chi connectivity index (χ1n) is 10.5. The van der Waals surface area contributed by atoms with Crippen LogP contribution in [-0.4, -0.2) is 60.9 Å². The first kappa shape index (κ1) is 23.4. The maximum absolute atomic E-state index is 13.2. The fourth-order valence-corrected chi connectivity index (χ4v) is 5.85. The highest BCUT2D eigenvalue weighted by Gasteiger charge is 2.21. The van der Waals surface area contributed by atoms with E-state index in [1.807, 2.05) is 19.1 Å². The summed E-state index contributed by atoms with van der Waals surface area (Å²) in [4.78, 5) is 23.0. The van der Waals surface area contributed by atoms with Gasteiger partial charge in [0.2, 0.25) is 5.91 Å². The van der Waals surface area contributed by atoms with Gasteiger partial charge in [-0.3, -0.25) is 14.6 Å². The van der Waals surface area contributed by atoms with Gasteiger partial charge in [0.05, 0.1) is 29.2 Å². The molecule has 2 heterocycles. The first-order chi connectivity index (χ1) is 15.5. The molecule has 3 aromatic rings. The van der Waals surface area contributed by atoms with Crippen LogP contribution in [0.3, 0.4) is 0 Å². The van der Waals surface area contributed by atoms with Gasteiger partial charge in [-0.25, -0.2) is 9.37 Å². The van der Waals surface area contributed by atoms with Gasteiger partial charge in [-0.2, -0.15) is 0 Å². The molecule has 32 heavy (non-hydrogen) atoms. The van der Waals surface area contributed by atoms with Crippen molar-refractivity contribution < 1.29 is 13.9 Å². The second kappa shape index (κ2) is 10.9. The highest BCUT2D eigenvalue weighted by Crippen LogP contribution is 2.33. The number of hydrogen-bond donors (Lipinski definition) is 0. The van der Waals surface area contributed by atoms with Crippen LogP contribution in [-0.2, 0) is 9.53 Å². The van der Waals surface area contributed by atoms with Crippen molar-refractivity contribution in [3.05, 3.63) is 52.8 Å². The van der Waals surface area contributed by atoms with E-state index in [9.17, 15) is 9.18 Å². The molecule has 1 amide bonds. The standard InChI is InChI=1S/C23H25ClFN3O2S2/c1-16-13-17(24)14-20-22(16)26-23(32-20)28(8-2-7-27-9-11-30-12-10-27)21(29)15-31-19-5-3-18(25)4-6-19/h3-6,13-14H,2,7-12,15H2,1H3. The van der Waals surface area contributed by atoms with Crippen LogP contribution in [0.4, 0.5) is 9.52 Å². The first-order valence-corrected chi connectivity index (χ1v) is 12.7. The van der Waals surface area contributed by atoms with Crippen molar-refractivity contribution in [1.29, 1.82) is 0 Å². The summed E-state index contributed by atoms with van der Waals surface area (Å²) >= 11 is 9.12. The Hall–Kier alpha value is -1.71. The molecular formula is C23H25ClFN3O2S2. The van der Waals surface area contributed by atoms with E-state index in [-0.39, 0.29) is 17.5 Å². The van der Waals surface area contributed by atoms with Crippen molar-refractivity contribution in [1.82, 2.24) is 9.88 Å². The number of anilines is 1. The number of benzene rings is 2. The third kappa shape index (κ3) is 5.99. The van der Waals surface area contributed by atoms with Crippen LogP contribution < -0.4 is 4.90 Å². The normalized spacial score (nSPS) is 14.7. The summed E-state index contributed by atoms with van der Waals surface area (Å²) in [7, 11) is 0. The largest absolute Gasteiger partial charge is 0.379 e. The number of carbonyl (C=O) groups excluding carboxylic acids is 1. The van der Waals surface area contributed by atoms with Gasteiger partial charge < -0.3 is 4.74 Å². The van der Waals surface area contributed by atoms with Crippen LogP contribution in [0, 0.1) is 12.7 Å². The Labute approximate surface area is 200 Å². The van der Waals surface area contributed by atoms with Gasteiger partial charge in [0.1, 0.15) is 5.82 Å². The van der Waals surface area contributed by atoms with Gasteiger partial charge in [0.15, 0.2) is 5.13 Å². The molecule has 2 aromatic carbocycles. The molecule has 170 valence electrons. The van der Waals surface area contributed by atoms with E-state index in [1.165, 1.54) is 35.2 Å². The Balaban J connectivity index is 1.49. The molecule has 1 aliphatic rings. The Kier molecular flexibility index (Phi) is 8.02. The van der Waals surface area contributed by atoms with E-state index in [0.29, 0.717) is 16.7 Å². The average Bonchev–Trinajstić information content (AvgIpc) is 3.21. The third-order valence-corrected chi connectivity index (χ3v) is 7.55. The van der Waals surface area contributed by atoms with Crippen molar-refractivity contribution in [3.63, 3.8) is 0 Å². The maximum atomic E-state index is 13.2. The van der Waals surface area contributed by atoms with Gasteiger partial charge in [0.25, 0.3) is 0 Å². The van der Waals surface area contributed by atoms with Gasteiger partial charge in [-0.05, 0) is 55.3 Å². The number of carbonyl (C=O) groups is 1. The summed E-state index contributed by atoms with van der Waals surface area (Å²) in [5.41, 5.74) is 1.88. The summed E-state index contributed by atoms with van der Waals surface area (Å²) in [5.74, 6) is -0.0307. The topological polar surface area (TPSA) is 45.7 Å². The molecule has 0 saturated carbocycles. The van der Waals surface area contributed by atoms with Crippen molar-refractivity contribution in [2.75, 3.05) is 50.0 Å². The maximum Gasteiger partial charge on any atom is 0.239 e. The minimum atomic E-state index is -0.283. The van der Waals surface area contributed by atoms with E-state index in [2.05, 4.69) is 4.90 Å². The molecule has 5 nitrogen and oxygen atoms in total. The molecule has 0 unspecified atom stereocenters.